The van der Waals surface area contributed by atoms with Crippen molar-refractivity contribution < 1.29 is 13.9 Å². The molecule has 1 aliphatic rings. The number of rotatable bonds is 3. The van der Waals surface area contributed by atoms with Crippen LogP contribution in [0.15, 0.2) is 12.1 Å². The molecule has 0 aliphatic heterocycles. The Hall–Kier alpha value is -1.16. The Morgan fingerprint density at radius 2 is 2.06 bits per heavy atom. The van der Waals surface area contributed by atoms with Gasteiger partial charge in [-0.3, -0.25) is 0 Å². The molecule has 1 aromatic rings. The van der Waals surface area contributed by atoms with Crippen LogP contribution in [0.2, 0.25) is 0 Å². The average Bonchev–Trinajstić information content (AvgIpc) is 2.79. The summed E-state index contributed by atoms with van der Waals surface area (Å²) >= 11 is 0. The molecule has 0 aromatic heterocycles. The Labute approximate surface area is 93.3 Å². The van der Waals surface area contributed by atoms with Gasteiger partial charge in [-0.1, -0.05) is 6.92 Å². The second-order valence-electron chi connectivity index (χ2n) is 4.53. The lowest BCUT2D eigenvalue weighted by Gasteiger charge is -2.16. The maximum Gasteiger partial charge on any atom is 0.134 e. The summed E-state index contributed by atoms with van der Waals surface area (Å²) in [6.07, 6.45) is 1.06. The Morgan fingerprint density at radius 1 is 1.44 bits per heavy atom. The molecule has 0 bridgehead atoms. The number of aromatic hydroxyl groups is 1. The zero-order chi connectivity index (χ0) is 11.9. The van der Waals surface area contributed by atoms with E-state index in [1.54, 1.807) is 6.92 Å². The summed E-state index contributed by atoms with van der Waals surface area (Å²) in [6, 6.07) is 1.80. The van der Waals surface area contributed by atoms with Gasteiger partial charge in [0, 0.05) is 29.8 Å². The van der Waals surface area contributed by atoms with Gasteiger partial charge in [0.1, 0.15) is 17.4 Å². The Bertz CT molecular complexity index is 385. The lowest BCUT2D eigenvalue weighted by atomic mass is 10.1. The van der Waals surface area contributed by atoms with Crippen molar-refractivity contribution in [1.29, 1.82) is 0 Å². The third-order valence-corrected chi connectivity index (χ3v) is 3.08. The summed E-state index contributed by atoms with van der Waals surface area (Å²) in [7, 11) is 0. The quantitative estimate of drug-likeness (QED) is 0.832. The summed E-state index contributed by atoms with van der Waals surface area (Å²) in [5.74, 6) is -1.20. The van der Waals surface area contributed by atoms with Crippen molar-refractivity contribution in [3.8, 4) is 5.75 Å². The molecule has 4 heteroatoms. The molecule has 3 unspecified atom stereocenters. The fraction of sp³-hybridized carbons (Fsp3) is 0.500. The van der Waals surface area contributed by atoms with Crippen LogP contribution in [-0.4, -0.2) is 11.1 Å². The van der Waals surface area contributed by atoms with Crippen molar-refractivity contribution in [3.63, 3.8) is 0 Å². The molecule has 3 atom stereocenters. The van der Waals surface area contributed by atoms with E-state index in [1.807, 2.05) is 0 Å². The number of phenols is 1. The first-order chi connectivity index (χ1) is 7.49. The number of phenolic OH excluding ortho intramolecular Hbond substituents is 1. The van der Waals surface area contributed by atoms with Gasteiger partial charge in [0.25, 0.3) is 0 Å². The molecule has 1 aromatic carbocycles. The predicted octanol–water partition coefficient (Wildman–Crippen LogP) is 2.73. The maximum absolute atomic E-state index is 13.5. The van der Waals surface area contributed by atoms with E-state index in [0.29, 0.717) is 12.0 Å². The number of nitrogens with one attached hydrogen (secondary N) is 1. The molecule has 1 aliphatic carbocycles. The van der Waals surface area contributed by atoms with E-state index in [1.165, 1.54) is 0 Å². The van der Waals surface area contributed by atoms with E-state index in [4.69, 9.17) is 0 Å². The summed E-state index contributed by atoms with van der Waals surface area (Å²) in [6.45, 7) is 3.87. The molecule has 0 spiro atoms. The second-order valence-corrected chi connectivity index (χ2v) is 4.53. The molecule has 2 nitrogen and oxygen atoms in total. The molecule has 0 saturated heterocycles. The predicted molar refractivity (Wildman–Crippen MR) is 57.1 cm³/mol. The van der Waals surface area contributed by atoms with Crippen molar-refractivity contribution in [3.05, 3.63) is 29.3 Å². The molecule has 0 heterocycles. The van der Waals surface area contributed by atoms with Gasteiger partial charge in [-0.2, -0.15) is 0 Å². The number of hydrogen-bond acceptors (Lipinski definition) is 2. The van der Waals surface area contributed by atoms with Gasteiger partial charge in [0.05, 0.1) is 0 Å². The lowest BCUT2D eigenvalue weighted by molar-refractivity contribution is 0.427. The number of hydrogen-bond donors (Lipinski definition) is 2. The Balaban J connectivity index is 2.18. The van der Waals surface area contributed by atoms with Crippen molar-refractivity contribution in [2.24, 2.45) is 5.92 Å². The molecular weight excluding hydrogens is 212 g/mol. The lowest BCUT2D eigenvalue weighted by Crippen LogP contribution is -2.23. The first kappa shape index (κ1) is 11.3. The van der Waals surface area contributed by atoms with Crippen molar-refractivity contribution in [1.82, 2.24) is 5.32 Å². The fourth-order valence-electron chi connectivity index (χ4n) is 1.96. The van der Waals surface area contributed by atoms with Crippen LogP contribution in [0.1, 0.15) is 31.9 Å². The highest BCUT2D eigenvalue weighted by Gasteiger charge is 2.34. The van der Waals surface area contributed by atoms with Crippen LogP contribution in [0.3, 0.4) is 0 Å². The van der Waals surface area contributed by atoms with E-state index in [-0.39, 0.29) is 17.4 Å². The highest BCUT2D eigenvalue weighted by Crippen LogP contribution is 2.34. The molecule has 2 N–H and O–H groups in total. The molecule has 1 saturated carbocycles. The van der Waals surface area contributed by atoms with Crippen LogP contribution in [0.5, 0.6) is 5.75 Å². The highest BCUT2D eigenvalue weighted by atomic mass is 19.1. The van der Waals surface area contributed by atoms with Gasteiger partial charge >= 0.3 is 0 Å². The third kappa shape index (κ3) is 2.16. The first-order valence-electron chi connectivity index (χ1n) is 5.43. The van der Waals surface area contributed by atoms with E-state index < -0.39 is 11.6 Å². The van der Waals surface area contributed by atoms with Gasteiger partial charge in [0.2, 0.25) is 0 Å². The normalized spacial score (nSPS) is 25.5. The Morgan fingerprint density at radius 3 is 2.56 bits per heavy atom. The van der Waals surface area contributed by atoms with E-state index >= 15 is 0 Å². The standard InChI is InChI=1S/C12H15F2NO/c1-6-3-10(6)15-7(2)12-9(14)4-8(13)5-11(12)16/h4-7,10,15-16H,3H2,1-2H3. The van der Waals surface area contributed by atoms with Gasteiger partial charge in [-0.15, -0.1) is 0 Å². The van der Waals surface area contributed by atoms with Crippen LogP contribution in [0.4, 0.5) is 8.78 Å². The zero-order valence-electron chi connectivity index (χ0n) is 9.30. The largest absolute Gasteiger partial charge is 0.507 e. The van der Waals surface area contributed by atoms with E-state index in [2.05, 4.69) is 12.2 Å². The minimum absolute atomic E-state index is 0.139. The monoisotopic (exact) mass is 227 g/mol. The fourth-order valence-corrected chi connectivity index (χ4v) is 1.96. The number of halogens is 2. The molecule has 0 amide bonds. The van der Waals surface area contributed by atoms with Gasteiger partial charge < -0.3 is 10.4 Å². The molecular formula is C12H15F2NO. The van der Waals surface area contributed by atoms with Crippen LogP contribution in [-0.2, 0) is 0 Å². The van der Waals surface area contributed by atoms with Crippen molar-refractivity contribution in [2.75, 3.05) is 0 Å². The van der Waals surface area contributed by atoms with E-state index in [0.717, 1.165) is 18.6 Å². The minimum atomic E-state index is -0.759. The van der Waals surface area contributed by atoms with E-state index in [9.17, 15) is 13.9 Å². The molecule has 1 fully saturated rings. The topological polar surface area (TPSA) is 32.3 Å². The summed E-state index contributed by atoms with van der Waals surface area (Å²) in [5, 5.41) is 12.7. The molecule has 88 valence electrons. The smallest absolute Gasteiger partial charge is 0.134 e. The molecule has 16 heavy (non-hydrogen) atoms. The van der Waals surface area contributed by atoms with Crippen LogP contribution < -0.4 is 5.32 Å². The summed E-state index contributed by atoms with van der Waals surface area (Å²) in [5.41, 5.74) is 0.139. The first-order valence-corrected chi connectivity index (χ1v) is 5.43. The third-order valence-electron chi connectivity index (χ3n) is 3.08. The van der Waals surface area contributed by atoms with Crippen LogP contribution >= 0.6 is 0 Å². The highest BCUT2D eigenvalue weighted by molar-refractivity contribution is 5.36. The second kappa shape index (κ2) is 4.01. The van der Waals surface area contributed by atoms with Crippen molar-refractivity contribution in [2.45, 2.75) is 32.4 Å². The average molecular weight is 227 g/mol. The molecule has 0 radical (unpaired) electrons. The molecule has 2 rings (SSSR count). The van der Waals surface area contributed by atoms with Gasteiger partial charge in [0.15, 0.2) is 0 Å². The summed E-state index contributed by atoms with van der Waals surface area (Å²) in [4.78, 5) is 0. The van der Waals surface area contributed by atoms with Gasteiger partial charge in [-0.05, 0) is 19.3 Å². The maximum atomic E-state index is 13.5. The van der Waals surface area contributed by atoms with Crippen LogP contribution in [0, 0.1) is 17.6 Å². The minimum Gasteiger partial charge on any atom is -0.507 e. The van der Waals surface area contributed by atoms with Gasteiger partial charge in [-0.25, -0.2) is 8.78 Å². The SMILES string of the molecule is CC(NC1CC1C)c1c(O)cc(F)cc1F. The van der Waals surface area contributed by atoms with Crippen LogP contribution in [0.25, 0.3) is 0 Å². The Kier molecular flexibility index (Phi) is 2.84. The van der Waals surface area contributed by atoms with Crippen molar-refractivity contribution >= 4 is 0 Å². The number of benzene rings is 1. The zero-order valence-corrected chi connectivity index (χ0v) is 9.30. The summed E-state index contributed by atoms with van der Waals surface area (Å²) < 4.78 is 26.3.